The highest BCUT2D eigenvalue weighted by atomic mass is 32.2. The van der Waals surface area contributed by atoms with Crippen LogP contribution < -0.4 is 4.72 Å². The molecule has 0 radical (unpaired) electrons. The van der Waals surface area contributed by atoms with Crippen LogP contribution in [0.1, 0.15) is 24.5 Å². The first-order valence-electron chi connectivity index (χ1n) is 8.39. The largest absolute Gasteiger partial charge is 0.419 e. The molecule has 0 unspecified atom stereocenters. The van der Waals surface area contributed by atoms with E-state index in [-0.39, 0.29) is 20.7 Å². The number of nitrogens with one attached hydrogen (secondary N) is 1. The molecule has 148 valence electrons. The summed E-state index contributed by atoms with van der Waals surface area (Å²) >= 11 is 0.865. The summed E-state index contributed by atoms with van der Waals surface area (Å²) in [6.07, 6.45) is -2.27. The number of alkyl halides is 3. The van der Waals surface area contributed by atoms with E-state index in [2.05, 4.69) is 9.82 Å². The Kier molecular flexibility index (Phi) is 4.40. The molecule has 1 aliphatic rings. The second-order valence-corrected chi connectivity index (χ2v) is 9.93. The van der Waals surface area contributed by atoms with Gasteiger partial charge in [-0.1, -0.05) is 37.3 Å². The van der Waals surface area contributed by atoms with Gasteiger partial charge in [0.2, 0.25) is 10.0 Å². The van der Waals surface area contributed by atoms with E-state index in [9.17, 15) is 21.6 Å². The Morgan fingerprint density at radius 3 is 2.57 bits per heavy atom. The highest BCUT2D eigenvalue weighted by molar-refractivity contribution is 7.91. The van der Waals surface area contributed by atoms with E-state index in [1.807, 2.05) is 37.3 Å². The van der Waals surface area contributed by atoms with Crippen molar-refractivity contribution >= 4 is 21.4 Å². The quantitative estimate of drug-likeness (QED) is 0.670. The van der Waals surface area contributed by atoms with Gasteiger partial charge in [-0.2, -0.15) is 18.3 Å². The molecule has 1 fully saturated rings. The lowest BCUT2D eigenvalue weighted by Crippen LogP contribution is -2.29. The van der Waals surface area contributed by atoms with Crippen LogP contribution in [0.2, 0.25) is 0 Å². The number of halogens is 3. The van der Waals surface area contributed by atoms with Crippen LogP contribution in [0.25, 0.3) is 5.00 Å². The summed E-state index contributed by atoms with van der Waals surface area (Å²) in [5.41, 5.74) is -0.0938. The first-order valence-corrected chi connectivity index (χ1v) is 10.7. The first-order chi connectivity index (χ1) is 13.1. The second-order valence-electron chi connectivity index (χ2n) is 6.93. The van der Waals surface area contributed by atoms with Crippen molar-refractivity contribution in [2.24, 2.45) is 0 Å². The van der Waals surface area contributed by atoms with Gasteiger partial charge in [0, 0.05) is 17.7 Å². The van der Waals surface area contributed by atoms with Crippen molar-refractivity contribution in [1.29, 1.82) is 0 Å². The molecule has 2 heterocycles. The maximum atomic E-state index is 12.7. The third kappa shape index (κ3) is 3.47. The van der Waals surface area contributed by atoms with Crippen molar-refractivity contribution in [2.75, 3.05) is 0 Å². The van der Waals surface area contributed by atoms with Crippen molar-refractivity contribution in [3.05, 3.63) is 66.0 Å². The Hall–Kier alpha value is -2.17. The van der Waals surface area contributed by atoms with Gasteiger partial charge in [-0.3, -0.25) is 0 Å². The molecule has 2 atom stereocenters. The molecular formula is C18H16F3N3O2S2. The number of nitrogens with zero attached hydrogens (tertiary/aromatic N) is 2. The molecule has 0 aliphatic heterocycles. The van der Waals surface area contributed by atoms with E-state index in [4.69, 9.17) is 0 Å². The molecule has 1 aromatic carbocycles. The molecule has 4 rings (SSSR count). The number of aromatic nitrogens is 2. The van der Waals surface area contributed by atoms with E-state index in [1.54, 1.807) is 0 Å². The normalized spacial score (nSPS) is 22.4. The molecule has 0 saturated heterocycles. The fourth-order valence-electron chi connectivity index (χ4n) is 3.09. The standard InChI is InChI=1S/C18H16F3N3O2S2/c1-17(12-5-3-2-4-6-12)9-14(17)23-28(25,26)16-8-7-15(27-16)24-11-13(10-22-24)18(19,20)21/h2-8,10-11,14,23H,9H2,1H3/t14-,17+/m0/s1. The van der Waals surface area contributed by atoms with Gasteiger partial charge >= 0.3 is 6.18 Å². The molecule has 0 amide bonds. The maximum Gasteiger partial charge on any atom is 0.419 e. The third-order valence-electron chi connectivity index (χ3n) is 4.94. The van der Waals surface area contributed by atoms with Crippen LogP contribution in [0.5, 0.6) is 0 Å². The highest BCUT2D eigenvalue weighted by Gasteiger charge is 2.53. The van der Waals surface area contributed by atoms with Crippen molar-refractivity contribution < 1.29 is 21.6 Å². The van der Waals surface area contributed by atoms with Crippen LogP contribution in [0.3, 0.4) is 0 Å². The molecule has 28 heavy (non-hydrogen) atoms. The average Bonchev–Trinajstić information content (AvgIpc) is 3.08. The summed E-state index contributed by atoms with van der Waals surface area (Å²) in [7, 11) is -3.78. The molecule has 3 aromatic rings. The Labute approximate surface area is 163 Å². The number of benzene rings is 1. The van der Waals surface area contributed by atoms with E-state index in [0.717, 1.165) is 27.8 Å². The van der Waals surface area contributed by atoms with E-state index in [0.29, 0.717) is 12.6 Å². The predicted molar refractivity (Wildman–Crippen MR) is 99.0 cm³/mol. The van der Waals surface area contributed by atoms with Crippen molar-refractivity contribution in [1.82, 2.24) is 14.5 Å². The minimum absolute atomic E-state index is 0.0360. The van der Waals surface area contributed by atoms with E-state index in [1.165, 1.54) is 12.1 Å². The minimum atomic E-state index is -4.50. The van der Waals surface area contributed by atoms with Gasteiger partial charge in [-0.05, 0) is 24.1 Å². The lowest BCUT2D eigenvalue weighted by molar-refractivity contribution is -0.137. The van der Waals surface area contributed by atoms with Gasteiger partial charge in [0.25, 0.3) is 0 Å². The van der Waals surface area contributed by atoms with E-state index < -0.39 is 21.8 Å². The topological polar surface area (TPSA) is 64.0 Å². The Balaban J connectivity index is 1.52. The summed E-state index contributed by atoms with van der Waals surface area (Å²) in [4.78, 5) is 0. The number of rotatable bonds is 5. The lowest BCUT2D eigenvalue weighted by atomic mass is 9.98. The smallest absolute Gasteiger partial charge is 0.230 e. The summed E-state index contributed by atoms with van der Waals surface area (Å²) in [6.45, 7) is 2.00. The first kappa shape index (κ1) is 19.2. The number of hydrogen-bond acceptors (Lipinski definition) is 4. The zero-order chi connectivity index (χ0) is 20.2. The SMILES string of the molecule is C[C@]1(c2ccccc2)C[C@@H]1NS(=O)(=O)c1ccc(-n2cc(C(F)(F)F)cn2)s1. The van der Waals surface area contributed by atoms with Crippen LogP contribution in [0, 0.1) is 0 Å². The summed E-state index contributed by atoms with van der Waals surface area (Å²) < 4.78 is 67.3. The molecule has 1 saturated carbocycles. The summed E-state index contributed by atoms with van der Waals surface area (Å²) in [5.74, 6) is 0. The fraction of sp³-hybridized carbons (Fsp3) is 0.278. The summed E-state index contributed by atoms with van der Waals surface area (Å²) in [6, 6.07) is 12.2. The van der Waals surface area contributed by atoms with Crippen LogP contribution >= 0.6 is 11.3 Å². The fourth-order valence-corrected chi connectivity index (χ4v) is 5.68. The summed E-state index contributed by atoms with van der Waals surface area (Å²) in [5, 5.41) is 3.97. The van der Waals surface area contributed by atoms with Crippen molar-refractivity contribution in [2.45, 2.75) is 35.2 Å². The molecule has 0 bridgehead atoms. The van der Waals surface area contributed by atoms with Gasteiger partial charge in [0.05, 0.1) is 11.8 Å². The molecule has 0 spiro atoms. The Morgan fingerprint density at radius 1 is 1.21 bits per heavy atom. The van der Waals surface area contributed by atoms with Gasteiger partial charge < -0.3 is 0 Å². The van der Waals surface area contributed by atoms with Crippen LogP contribution in [-0.2, 0) is 21.6 Å². The van der Waals surface area contributed by atoms with Crippen molar-refractivity contribution in [3.63, 3.8) is 0 Å². The number of hydrogen-bond donors (Lipinski definition) is 1. The van der Waals surface area contributed by atoms with Gasteiger partial charge in [0.1, 0.15) is 9.21 Å². The molecule has 1 N–H and O–H groups in total. The monoisotopic (exact) mass is 427 g/mol. The van der Waals surface area contributed by atoms with Crippen LogP contribution in [-0.4, -0.2) is 24.2 Å². The van der Waals surface area contributed by atoms with E-state index >= 15 is 0 Å². The third-order valence-corrected chi connectivity index (χ3v) is 7.97. The van der Waals surface area contributed by atoms with Gasteiger partial charge in [-0.15, -0.1) is 11.3 Å². The lowest BCUT2D eigenvalue weighted by Gasteiger charge is -2.12. The molecule has 10 heteroatoms. The molecule has 5 nitrogen and oxygen atoms in total. The Bertz CT molecular complexity index is 1110. The van der Waals surface area contributed by atoms with Crippen molar-refractivity contribution in [3.8, 4) is 5.00 Å². The number of sulfonamides is 1. The average molecular weight is 427 g/mol. The van der Waals surface area contributed by atoms with Gasteiger partial charge in [0.15, 0.2) is 0 Å². The highest BCUT2D eigenvalue weighted by Crippen LogP contribution is 2.48. The minimum Gasteiger partial charge on any atom is -0.230 e. The van der Waals surface area contributed by atoms with Crippen LogP contribution in [0.4, 0.5) is 13.2 Å². The second kappa shape index (κ2) is 6.43. The molecular weight excluding hydrogens is 411 g/mol. The zero-order valence-electron chi connectivity index (χ0n) is 14.6. The molecule has 1 aliphatic carbocycles. The van der Waals surface area contributed by atoms with Gasteiger partial charge in [-0.25, -0.2) is 17.8 Å². The molecule has 2 aromatic heterocycles. The van der Waals surface area contributed by atoms with Crippen LogP contribution in [0.15, 0.2) is 59.1 Å². The number of thiophene rings is 1. The zero-order valence-corrected chi connectivity index (χ0v) is 16.3. The Morgan fingerprint density at radius 2 is 1.93 bits per heavy atom. The maximum absolute atomic E-state index is 12.7. The predicted octanol–water partition coefficient (Wildman–Crippen LogP) is 3.96.